The highest BCUT2D eigenvalue weighted by atomic mass is 35.6. The van der Waals surface area contributed by atoms with Crippen LogP contribution in [-0.2, 0) is 14.3 Å². The van der Waals surface area contributed by atoms with Crippen LogP contribution in [0.15, 0.2) is 0 Å². The Morgan fingerprint density at radius 3 is 2.15 bits per heavy atom. The van der Waals surface area contributed by atoms with Crippen molar-refractivity contribution in [3.63, 3.8) is 0 Å². The van der Waals surface area contributed by atoms with Crippen molar-refractivity contribution < 1.29 is 14.3 Å². The molecule has 1 amide bonds. The van der Waals surface area contributed by atoms with Crippen LogP contribution >= 0.6 is 34.8 Å². The van der Waals surface area contributed by atoms with Gasteiger partial charge in [0, 0.05) is 5.41 Å². The summed E-state index contributed by atoms with van der Waals surface area (Å²) in [5.74, 6) is -1.25. The van der Waals surface area contributed by atoms with Crippen LogP contribution in [0.5, 0.6) is 0 Å². The molecule has 4 nitrogen and oxygen atoms in total. The first-order valence-corrected chi connectivity index (χ1v) is 7.60. The van der Waals surface area contributed by atoms with Crippen LogP contribution in [0.1, 0.15) is 40.0 Å². The quantitative estimate of drug-likeness (QED) is 0.619. The molecule has 2 aliphatic rings. The van der Waals surface area contributed by atoms with Crippen LogP contribution in [0.25, 0.3) is 0 Å². The Bertz CT molecular complexity index is 474. The number of ether oxygens (including phenoxy) is 1. The second-order valence-corrected chi connectivity index (χ2v) is 8.87. The summed E-state index contributed by atoms with van der Waals surface area (Å²) in [4.78, 5) is 23.8. The van der Waals surface area contributed by atoms with Gasteiger partial charge >= 0.3 is 5.97 Å². The second-order valence-electron chi connectivity index (χ2n) is 6.58. The van der Waals surface area contributed by atoms with Gasteiger partial charge in [0.15, 0.2) is 0 Å². The second kappa shape index (κ2) is 4.40. The van der Waals surface area contributed by atoms with Crippen LogP contribution in [0, 0.1) is 16.2 Å². The number of hydrogen-bond donors (Lipinski definition) is 1. The standard InChI is InChI=1S/C13H18Cl3NO3/c1-10(2)11(3)4-5-12(10,8(17)18)6-7(11)20-9(19)13(14,15)16/h7H,4-6H2,1-3H3,(H2,17,18)/t7-,11-,12+/m0/s1. The van der Waals surface area contributed by atoms with Gasteiger partial charge in [0.05, 0.1) is 5.41 Å². The smallest absolute Gasteiger partial charge is 0.358 e. The highest BCUT2D eigenvalue weighted by molar-refractivity contribution is 6.75. The number of rotatable bonds is 2. The summed E-state index contributed by atoms with van der Waals surface area (Å²) in [6.45, 7) is 5.99. The summed E-state index contributed by atoms with van der Waals surface area (Å²) in [5, 5.41) is 0. The molecular formula is C13H18Cl3NO3. The van der Waals surface area contributed by atoms with E-state index in [0.717, 1.165) is 6.42 Å². The third-order valence-electron chi connectivity index (χ3n) is 5.89. The van der Waals surface area contributed by atoms with Crippen LogP contribution in [0.2, 0.25) is 0 Å². The summed E-state index contributed by atoms with van der Waals surface area (Å²) in [5.41, 5.74) is 4.24. The molecule has 114 valence electrons. The minimum absolute atomic E-state index is 0.348. The predicted octanol–water partition coefficient (Wildman–Crippen LogP) is 2.97. The summed E-state index contributed by atoms with van der Waals surface area (Å²) in [6.07, 6.45) is 1.37. The molecule has 0 heterocycles. The van der Waals surface area contributed by atoms with Gasteiger partial charge in [0.1, 0.15) is 6.10 Å². The third-order valence-corrected chi connectivity index (χ3v) is 6.36. The topological polar surface area (TPSA) is 69.4 Å². The fourth-order valence-corrected chi connectivity index (χ4v) is 4.14. The van der Waals surface area contributed by atoms with Gasteiger partial charge in [-0.15, -0.1) is 0 Å². The lowest BCUT2D eigenvalue weighted by molar-refractivity contribution is -0.156. The number of nitrogens with two attached hydrogens (primary N) is 1. The molecular weight excluding hydrogens is 325 g/mol. The summed E-state index contributed by atoms with van der Waals surface area (Å²) in [7, 11) is 0. The highest BCUT2D eigenvalue weighted by Gasteiger charge is 2.73. The van der Waals surface area contributed by atoms with E-state index in [9.17, 15) is 9.59 Å². The maximum Gasteiger partial charge on any atom is 0.358 e. The molecule has 2 aliphatic carbocycles. The molecule has 0 unspecified atom stereocenters. The molecule has 0 aromatic carbocycles. The van der Waals surface area contributed by atoms with E-state index in [1.165, 1.54) is 0 Å². The summed E-state index contributed by atoms with van der Waals surface area (Å²) in [6, 6.07) is 0. The molecule has 2 N–H and O–H groups in total. The lowest BCUT2D eigenvalue weighted by Gasteiger charge is -2.40. The molecule has 0 aromatic rings. The van der Waals surface area contributed by atoms with Gasteiger partial charge in [0.25, 0.3) is 3.79 Å². The third kappa shape index (κ3) is 1.87. The van der Waals surface area contributed by atoms with Crippen molar-refractivity contribution in [2.75, 3.05) is 0 Å². The van der Waals surface area contributed by atoms with Crippen LogP contribution < -0.4 is 5.73 Å². The number of primary amides is 1. The lowest BCUT2D eigenvalue weighted by Crippen LogP contribution is -2.44. The van der Waals surface area contributed by atoms with Crippen molar-refractivity contribution in [2.45, 2.75) is 49.9 Å². The maximum absolute atomic E-state index is 12.0. The van der Waals surface area contributed by atoms with E-state index in [0.29, 0.717) is 12.8 Å². The molecule has 2 bridgehead atoms. The number of fused-ring (bicyclic) bond motifs is 2. The van der Waals surface area contributed by atoms with Gasteiger partial charge in [-0.1, -0.05) is 55.6 Å². The lowest BCUT2D eigenvalue weighted by atomic mass is 9.64. The number of carbonyl (C=O) groups is 2. The Hall–Kier alpha value is -0.190. The molecule has 0 aliphatic heterocycles. The van der Waals surface area contributed by atoms with Gasteiger partial charge in [-0.2, -0.15) is 0 Å². The molecule has 3 atom stereocenters. The molecule has 0 aromatic heterocycles. The minimum Gasteiger partial charge on any atom is -0.459 e. The number of carbonyl (C=O) groups excluding carboxylic acids is 2. The molecule has 20 heavy (non-hydrogen) atoms. The first-order valence-electron chi connectivity index (χ1n) is 6.46. The van der Waals surface area contributed by atoms with Gasteiger partial charge in [-0.3, -0.25) is 4.79 Å². The van der Waals surface area contributed by atoms with Gasteiger partial charge in [-0.05, 0) is 24.7 Å². The van der Waals surface area contributed by atoms with E-state index in [1.54, 1.807) is 0 Å². The Morgan fingerprint density at radius 2 is 1.75 bits per heavy atom. The largest absolute Gasteiger partial charge is 0.459 e. The fourth-order valence-electron chi connectivity index (χ4n) is 4.01. The fraction of sp³-hybridized carbons (Fsp3) is 0.846. The Kier molecular flexibility index (Phi) is 3.56. The number of halogens is 3. The molecule has 0 saturated heterocycles. The van der Waals surface area contributed by atoms with Crippen LogP contribution in [0.3, 0.4) is 0 Å². The Balaban J connectivity index is 2.33. The zero-order chi connectivity index (χ0) is 15.6. The van der Waals surface area contributed by atoms with E-state index < -0.39 is 21.3 Å². The first-order chi connectivity index (χ1) is 8.88. The number of esters is 1. The zero-order valence-corrected chi connectivity index (χ0v) is 13.9. The first kappa shape index (κ1) is 16.2. The SMILES string of the molecule is CC1(C)[C@]2(C(N)=O)CC[C@@]1(C)[C@@H](OC(=O)C(Cl)(Cl)Cl)C2. The Morgan fingerprint density at radius 1 is 1.20 bits per heavy atom. The van der Waals surface area contributed by atoms with E-state index in [2.05, 4.69) is 0 Å². The van der Waals surface area contributed by atoms with Gasteiger partial charge in [-0.25, -0.2) is 4.79 Å². The summed E-state index contributed by atoms with van der Waals surface area (Å²) < 4.78 is 3.27. The van der Waals surface area contributed by atoms with Crippen molar-refractivity contribution in [1.82, 2.24) is 0 Å². The monoisotopic (exact) mass is 341 g/mol. The van der Waals surface area contributed by atoms with Crippen molar-refractivity contribution >= 4 is 46.7 Å². The molecule has 2 saturated carbocycles. The minimum atomic E-state index is -2.11. The number of amides is 1. The molecule has 2 rings (SSSR count). The maximum atomic E-state index is 12.0. The number of alkyl halides is 3. The molecule has 7 heteroatoms. The highest BCUT2D eigenvalue weighted by Crippen LogP contribution is 2.72. The van der Waals surface area contributed by atoms with Crippen molar-refractivity contribution in [2.24, 2.45) is 22.0 Å². The van der Waals surface area contributed by atoms with Crippen molar-refractivity contribution in [1.29, 1.82) is 0 Å². The predicted molar refractivity (Wildman–Crippen MR) is 77.5 cm³/mol. The molecule has 2 fully saturated rings. The normalized spacial score (nSPS) is 38.8. The number of hydrogen-bond acceptors (Lipinski definition) is 3. The van der Waals surface area contributed by atoms with Crippen molar-refractivity contribution in [3.05, 3.63) is 0 Å². The van der Waals surface area contributed by atoms with E-state index in [1.807, 2.05) is 20.8 Å². The van der Waals surface area contributed by atoms with E-state index >= 15 is 0 Å². The average Bonchev–Trinajstić information content (AvgIpc) is 2.58. The van der Waals surface area contributed by atoms with E-state index in [-0.39, 0.29) is 16.7 Å². The van der Waals surface area contributed by atoms with Gasteiger partial charge < -0.3 is 10.5 Å². The molecule has 0 radical (unpaired) electrons. The van der Waals surface area contributed by atoms with Crippen LogP contribution in [-0.4, -0.2) is 21.8 Å². The average molecular weight is 343 g/mol. The molecule has 0 spiro atoms. The van der Waals surface area contributed by atoms with Gasteiger partial charge in [0.2, 0.25) is 5.91 Å². The Labute approximate surface area is 133 Å². The summed E-state index contributed by atoms with van der Waals surface area (Å²) >= 11 is 16.6. The van der Waals surface area contributed by atoms with Crippen molar-refractivity contribution in [3.8, 4) is 0 Å². The van der Waals surface area contributed by atoms with E-state index in [4.69, 9.17) is 45.3 Å². The zero-order valence-electron chi connectivity index (χ0n) is 11.6. The van der Waals surface area contributed by atoms with Crippen LogP contribution in [0.4, 0.5) is 0 Å².